The van der Waals surface area contributed by atoms with Gasteiger partial charge in [0.1, 0.15) is 0 Å². The summed E-state index contributed by atoms with van der Waals surface area (Å²) in [6.45, 7) is 8.14. The fourth-order valence-electron chi connectivity index (χ4n) is 2.05. The quantitative estimate of drug-likeness (QED) is 0.726. The van der Waals surface area contributed by atoms with Crippen LogP contribution in [0.4, 0.5) is 5.69 Å². The average Bonchev–Trinajstić information content (AvgIpc) is 2.37. The van der Waals surface area contributed by atoms with Crippen molar-refractivity contribution in [2.45, 2.75) is 39.8 Å². The number of halogens is 1. The van der Waals surface area contributed by atoms with Crippen molar-refractivity contribution in [2.24, 2.45) is 0 Å². The summed E-state index contributed by atoms with van der Waals surface area (Å²) in [7, 11) is 1.87. The van der Waals surface area contributed by atoms with E-state index in [0.717, 1.165) is 30.8 Å². The van der Waals surface area contributed by atoms with Crippen LogP contribution >= 0.6 is 11.6 Å². The van der Waals surface area contributed by atoms with Gasteiger partial charge in [0.2, 0.25) is 5.91 Å². The first kappa shape index (κ1) is 17.8. The van der Waals surface area contributed by atoms with Crippen LogP contribution in [0, 0.1) is 0 Å². The minimum atomic E-state index is -0.00254. The molecule has 0 saturated carbocycles. The van der Waals surface area contributed by atoms with Crippen molar-refractivity contribution < 1.29 is 4.79 Å². The van der Waals surface area contributed by atoms with Crippen LogP contribution in [0.25, 0.3) is 0 Å². The molecule has 0 aromatic heterocycles. The number of hydrogen-bond donors (Lipinski definition) is 2. The van der Waals surface area contributed by atoms with E-state index in [0.29, 0.717) is 11.6 Å². The van der Waals surface area contributed by atoms with Crippen LogP contribution < -0.4 is 15.5 Å². The predicted molar refractivity (Wildman–Crippen MR) is 90.0 cm³/mol. The molecule has 0 heterocycles. The van der Waals surface area contributed by atoms with Gasteiger partial charge in [0.05, 0.1) is 17.3 Å². The third-order valence-corrected chi connectivity index (χ3v) is 3.31. The van der Waals surface area contributed by atoms with Crippen LogP contribution in [-0.2, 0) is 11.3 Å². The number of carbonyl (C=O) groups excluding carboxylic acids is 1. The largest absolute Gasteiger partial charge is 0.364 e. The van der Waals surface area contributed by atoms with Gasteiger partial charge < -0.3 is 15.5 Å². The summed E-state index contributed by atoms with van der Waals surface area (Å²) in [4.78, 5) is 13.6. The molecule has 0 aliphatic rings. The van der Waals surface area contributed by atoms with E-state index in [1.807, 2.05) is 44.0 Å². The highest BCUT2D eigenvalue weighted by Crippen LogP contribution is 2.25. The van der Waals surface area contributed by atoms with Crippen molar-refractivity contribution >= 4 is 23.2 Å². The van der Waals surface area contributed by atoms with Gasteiger partial charge in [-0.3, -0.25) is 4.79 Å². The van der Waals surface area contributed by atoms with Gasteiger partial charge in [-0.2, -0.15) is 0 Å². The number of nitrogens with zero attached hydrogens (tertiary/aromatic N) is 1. The zero-order chi connectivity index (χ0) is 15.8. The fraction of sp³-hybridized carbons (Fsp3) is 0.562. The molecule has 0 radical (unpaired) electrons. The molecule has 0 saturated heterocycles. The molecule has 118 valence electrons. The molecule has 0 fully saturated rings. The summed E-state index contributed by atoms with van der Waals surface area (Å²) >= 11 is 6.33. The molecule has 1 aromatic rings. The van der Waals surface area contributed by atoms with E-state index in [2.05, 4.69) is 17.6 Å². The maximum absolute atomic E-state index is 11.8. The molecule has 1 rings (SSSR count). The number of benzene rings is 1. The predicted octanol–water partition coefficient (Wildman–Crippen LogP) is 2.80. The lowest BCUT2D eigenvalue weighted by Crippen LogP contribution is -2.38. The first-order valence-electron chi connectivity index (χ1n) is 7.43. The van der Waals surface area contributed by atoms with E-state index in [-0.39, 0.29) is 11.9 Å². The van der Waals surface area contributed by atoms with Gasteiger partial charge in [-0.1, -0.05) is 24.6 Å². The lowest BCUT2D eigenvalue weighted by molar-refractivity contribution is -0.120. The summed E-state index contributed by atoms with van der Waals surface area (Å²) in [5, 5.41) is 6.89. The molecule has 2 N–H and O–H groups in total. The van der Waals surface area contributed by atoms with Crippen molar-refractivity contribution in [2.75, 3.05) is 25.0 Å². The lowest BCUT2D eigenvalue weighted by Gasteiger charge is -2.21. The summed E-state index contributed by atoms with van der Waals surface area (Å²) in [5.41, 5.74) is 2.02. The maximum atomic E-state index is 11.8. The third-order valence-electron chi connectivity index (χ3n) is 3.01. The van der Waals surface area contributed by atoms with Gasteiger partial charge in [0.15, 0.2) is 0 Å². The number of hydrogen-bond acceptors (Lipinski definition) is 3. The molecule has 0 atom stereocenters. The zero-order valence-corrected chi connectivity index (χ0v) is 14.1. The first-order chi connectivity index (χ1) is 9.93. The maximum Gasteiger partial charge on any atom is 0.239 e. The van der Waals surface area contributed by atoms with E-state index in [1.54, 1.807) is 0 Å². The Morgan fingerprint density at radius 2 is 2.10 bits per heavy atom. The number of amides is 1. The molecule has 21 heavy (non-hydrogen) atoms. The lowest BCUT2D eigenvalue weighted by atomic mass is 10.2. The summed E-state index contributed by atoms with van der Waals surface area (Å²) in [6, 6.07) is 6.11. The van der Waals surface area contributed by atoms with E-state index >= 15 is 0 Å². The van der Waals surface area contributed by atoms with Crippen molar-refractivity contribution in [3.05, 3.63) is 28.8 Å². The molecule has 5 heteroatoms. The van der Waals surface area contributed by atoms with Gasteiger partial charge in [0.25, 0.3) is 0 Å². The molecule has 0 aliphatic heterocycles. The van der Waals surface area contributed by atoms with E-state index in [1.165, 1.54) is 0 Å². The highest BCUT2D eigenvalue weighted by Gasteiger charge is 2.11. The third kappa shape index (κ3) is 6.36. The fourth-order valence-corrected chi connectivity index (χ4v) is 2.40. The van der Waals surface area contributed by atoms with Gasteiger partial charge >= 0.3 is 0 Å². The van der Waals surface area contributed by atoms with Crippen LogP contribution in [0.5, 0.6) is 0 Å². The minimum absolute atomic E-state index is 0.00254. The molecule has 0 aliphatic carbocycles. The molecule has 4 nitrogen and oxygen atoms in total. The van der Waals surface area contributed by atoms with Crippen molar-refractivity contribution in [1.82, 2.24) is 10.6 Å². The second-order valence-corrected chi connectivity index (χ2v) is 5.95. The van der Waals surface area contributed by atoms with Gasteiger partial charge in [-0.25, -0.2) is 0 Å². The van der Waals surface area contributed by atoms with Gasteiger partial charge in [0, 0.05) is 19.6 Å². The molecule has 0 spiro atoms. The highest BCUT2D eigenvalue weighted by atomic mass is 35.5. The van der Waals surface area contributed by atoms with E-state index in [4.69, 9.17) is 11.6 Å². The Hall–Kier alpha value is -1.26. The summed E-state index contributed by atoms with van der Waals surface area (Å²) < 4.78 is 0. The number of anilines is 1. The Balaban J connectivity index is 2.64. The Labute approximate surface area is 132 Å². The molecule has 1 amide bonds. The van der Waals surface area contributed by atoms with Gasteiger partial charge in [-0.15, -0.1) is 0 Å². The number of nitrogens with one attached hydrogen (secondary N) is 2. The standard InChI is InChI=1S/C16H26ClN3O/c1-5-8-18-10-13-6-7-15(14(17)9-13)20(4)11-16(21)19-12(2)3/h6-7,9,12,18H,5,8,10-11H2,1-4H3,(H,19,21). The molecule has 0 bridgehead atoms. The topological polar surface area (TPSA) is 44.4 Å². The number of carbonyl (C=O) groups is 1. The molecule has 0 unspecified atom stereocenters. The smallest absolute Gasteiger partial charge is 0.239 e. The molecular weight excluding hydrogens is 286 g/mol. The van der Waals surface area contributed by atoms with Crippen LogP contribution in [0.1, 0.15) is 32.8 Å². The molecular formula is C16H26ClN3O. The number of likely N-dealkylation sites (N-methyl/N-ethyl adjacent to an activating group) is 1. The average molecular weight is 312 g/mol. The van der Waals surface area contributed by atoms with E-state index < -0.39 is 0 Å². The van der Waals surface area contributed by atoms with Crippen LogP contribution in [0.3, 0.4) is 0 Å². The highest BCUT2D eigenvalue weighted by molar-refractivity contribution is 6.33. The monoisotopic (exact) mass is 311 g/mol. The van der Waals surface area contributed by atoms with Crippen LogP contribution in [0.2, 0.25) is 5.02 Å². The number of rotatable bonds is 8. The van der Waals surface area contributed by atoms with Crippen molar-refractivity contribution in [1.29, 1.82) is 0 Å². The second-order valence-electron chi connectivity index (χ2n) is 5.54. The molecule has 1 aromatic carbocycles. The Kier molecular flexibility index (Phi) is 7.54. The Morgan fingerprint density at radius 1 is 1.38 bits per heavy atom. The second kappa shape index (κ2) is 8.90. The van der Waals surface area contributed by atoms with Crippen molar-refractivity contribution in [3.63, 3.8) is 0 Å². The van der Waals surface area contributed by atoms with E-state index in [9.17, 15) is 4.79 Å². The Morgan fingerprint density at radius 3 is 2.67 bits per heavy atom. The van der Waals surface area contributed by atoms with Gasteiger partial charge in [-0.05, 0) is 44.5 Å². The normalized spacial score (nSPS) is 10.8. The van der Waals surface area contributed by atoms with Crippen molar-refractivity contribution in [3.8, 4) is 0 Å². The summed E-state index contributed by atoms with van der Waals surface area (Å²) in [5.74, 6) is -0.00254. The van der Waals surface area contributed by atoms with Crippen LogP contribution in [0.15, 0.2) is 18.2 Å². The first-order valence-corrected chi connectivity index (χ1v) is 7.81. The zero-order valence-electron chi connectivity index (χ0n) is 13.4. The SMILES string of the molecule is CCCNCc1ccc(N(C)CC(=O)NC(C)C)c(Cl)c1. The Bertz CT molecular complexity index is 463. The minimum Gasteiger partial charge on any atom is -0.364 e. The van der Waals surface area contributed by atoms with Crippen LogP contribution in [-0.4, -0.2) is 32.1 Å². The summed E-state index contributed by atoms with van der Waals surface area (Å²) in [6.07, 6.45) is 1.11.